The third-order valence-electron chi connectivity index (χ3n) is 4.31. The Kier molecular flexibility index (Phi) is 4.26. The lowest BCUT2D eigenvalue weighted by Crippen LogP contribution is -2.33. The van der Waals surface area contributed by atoms with Crippen molar-refractivity contribution in [2.45, 2.75) is 6.92 Å². The number of carbonyl (C=O) groups excluding carboxylic acids is 1. The molecule has 0 amide bonds. The van der Waals surface area contributed by atoms with Crippen LogP contribution in [0.2, 0.25) is 0 Å². The molecule has 3 aromatic carbocycles. The van der Waals surface area contributed by atoms with E-state index < -0.39 is 0 Å². The standard InChI is InChI=1S/C22H17N3O2/c1-15-11-13-16(14-12-15)20(26)21-23-19-10-6-5-9-18(19)22(27)25(21)24-17-7-3-2-4-8-17/h2-14,24H,1H3. The lowest BCUT2D eigenvalue weighted by atomic mass is 10.1. The molecule has 132 valence electrons. The number of aryl methyl sites for hydroxylation is 1. The normalized spacial score (nSPS) is 10.7. The maximum absolute atomic E-state index is 13.1. The van der Waals surface area contributed by atoms with Gasteiger partial charge in [-0.05, 0) is 31.2 Å². The van der Waals surface area contributed by atoms with Crippen molar-refractivity contribution in [3.8, 4) is 0 Å². The lowest BCUT2D eigenvalue weighted by Gasteiger charge is -2.14. The number of hydrogen-bond acceptors (Lipinski definition) is 4. The third kappa shape index (κ3) is 3.22. The highest BCUT2D eigenvalue weighted by molar-refractivity contribution is 6.07. The van der Waals surface area contributed by atoms with Gasteiger partial charge in [-0.25, -0.2) is 4.98 Å². The van der Waals surface area contributed by atoms with Crippen LogP contribution in [0.1, 0.15) is 21.7 Å². The number of benzene rings is 3. The second-order valence-corrected chi connectivity index (χ2v) is 6.27. The summed E-state index contributed by atoms with van der Waals surface area (Å²) in [5.41, 5.74) is 5.41. The number of rotatable bonds is 4. The minimum Gasteiger partial charge on any atom is -0.290 e. The van der Waals surface area contributed by atoms with Gasteiger partial charge in [0.15, 0.2) is 0 Å². The molecule has 0 aliphatic heterocycles. The zero-order valence-corrected chi connectivity index (χ0v) is 14.7. The van der Waals surface area contributed by atoms with Crippen LogP contribution < -0.4 is 11.0 Å². The van der Waals surface area contributed by atoms with E-state index >= 15 is 0 Å². The molecule has 4 aromatic rings. The molecule has 4 rings (SSSR count). The molecule has 5 nitrogen and oxygen atoms in total. The summed E-state index contributed by atoms with van der Waals surface area (Å²) < 4.78 is 1.22. The van der Waals surface area contributed by atoms with Gasteiger partial charge in [-0.1, -0.05) is 60.2 Å². The van der Waals surface area contributed by atoms with Crippen molar-refractivity contribution in [3.05, 3.63) is 106 Å². The van der Waals surface area contributed by atoms with Crippen LogP contribution in [0, 0.1) is 6.92 Å². The van der Waals surface area contributed by atoms with E-state index in [1.54, 1.807) is 36.4 Å². The minimum absolute atomic E-state index is 0.0476. The van der Waals surface area contributed by atoms with E-state index in [1.165, 1.54) is 4.68 Å². The van der Waals surface area contributed by atoms with Crippen LogP contribution in [0.3, 0.4) is 0 Å². The van der Waals surface area contributed by atoms with Gasteiger partial charge < -0.3 is 0 Å². The molecule has 0 fully saturated rings. The molecule has 0 aliphatic carbocycles. The second kappa shape index (κ2) is 6.88. The molecule has 0 saturated heterocycles. The SMILES string of the molecule is Cc1ccc(C(=O)c2nc3ccccc3c(=O)n2Nc2ccccc2)cc1. The first kappa shape index (κ1) is 16.7. The molecule has 1 aromatic heterocycles. The number of nitrogens with one attached hydrogen (secondary N) is 1. The zero-order chi connectivity index (χ0) is 18.8. The summed E-state index contributed by atoms with van der Waals surface area (Å²) in [7, 11) is 0. The van der Waals surface area contributed by atoms with Gasteiger partial charge >= 0.3 is 0 Å². The quantitative estimate of drug-likeness (QED) is 0.566. The van der Waals surface area contributed by atoms with Crippen LogP contribution in [0.4, 0.5) is 5.69 Å². The predicted octanol–water partition coefficient (Wildman–Crippen LogP) is 3.81. The molecule has 1 N–H and O–H groups in total. The summed E-state index contributed by atoms with van der Waals surface area (Å²) in [6.07, 6.45) is 0. The van der Waals surface area contributed by atoms with E-state index in [2.05, 4.69) is 10.4 Å². The molecule has 1 heterocycles. The number of hydrogen-bond donors (Lipinski definition) is 1. The Balaban J connectivity index is 1.92. The van der Waals surface area contributed by atoms with Crippen LogP contribution in [-0.2, 0) is 0 Å². The molecule has 0 radical (unpaired) electrons. The van der Waals surface area contributed by atoms with Crippen molar-refractivity contribution in [2.24, 2.45) is 0 Å². The van der Waals surface area contributed by atoms with Gasteiger partial charge in [0.05, 0.1) is 16.6 Å². The fourth-order valence-electron chi connectivity index (χ4n) is 2.86. The summed E-state index contributed by atoms with van der Waals surface area (Å²) in [5.74, 6) is -0.271. The van der Waals surface area contributed by atoms with Crippen molar-refractivity contribution < 1.29 is 4.79 Å². The fraction of sp³-hybridized carbons (Fsp3) is 0.0455. The van der Waals surface area contributed by atoms with Crippen LogP contribution in [0.15, 0.2) is 83.7 Å². The predicted molar refractivity (Wildman–Crippen MR) is 106 cm³/mol. The molecule has 0 unspecified atom stereocenters. The molecule has 27 heavy (non-hydrogen) atoms. The summed E-state index contributed by atoms with van der Waals surface area (Å²) in [4.78, 5) is 30.6. The van der Waals surface area contributed by atoms with Gasteiger partial charge in [0, 0.05) is 5.56 Å². The molecule has 0 saturated carbocycles. The molecule has 0 aliphatic rings. The van der Waals surface area contributed by atoms with E-state index in [1.807, 2.05) is 49.4 Å². The summed E-state index contributed by atoms with van der Waals surface area (Å²) in [5, 5.41) is 0.446. The Morgan fingerprint density at radius 3 is 2.30 bits per heavy atom. The van der Waals surface area contributed by atoms with Gasteiger partial charge in [-0.3, -0.25) is 15.0 Å². The average molecular weight is 355 g/mol. The molecule has 0 atom stereocenters. The largest absolute Gasteiger partial charge is 0.290 e. The molecule has 0 bridgehead atoms. The van der Waals surface area contributed by atoms with E-state index in [0.29, 0.717) is 22.2 Å². The highest BCUT2D eigenvalue weighted by Crippen LogP contribution is 2.14. The van der Waals surface area contributed by atoms with Crippen LogP contribution in [-0.4, -0.2) is 15.4 Å². The number of anilines is 1. The highest BCUT2D eigenvalue weighted by Gasteiger charge is 2.19. The molecular formula is C22H17N3O2. The Labute approximate surface area is 155 Å². The first-order valence-corrected chi connectivity index (χ1v) is 8.59. The average Bonchev–Trinajstić information content (AvgIpc) is 2.71. The van der Waals surface area contributed by atoms with E-state index in [9.17, 15) is 9.59 Å². The van der Waals surface area contributed by atoms with Crippen LogP contribution in [0.25, 0.3) is 10.9 Å². The number of ketones is 1. The number of para-hydroxylation sites is 2. The Bertz CT molecular complexity index is 1180. The highest BCUT2D eigenvalue weighted by atomic mass is 16.1. The Hall–Kier alpha value is -3.73. The summed E-state index contributed by atoms with van der Waals surface area (Å²) in [6, 6.07) is 23.4. The monoisotopic (exact) mass is 355 g/mol. The smallest absolute Gasteiger partial charge is 0.280 e. The van der Waals surface area contributed by atoms with Crippen LogP contribution >= 0.6 is 0 Å². The lowest BCUT2D eigenvalue weighted by molar-refractivity contribution is 0.102. The zero-order valence-electron chi connectivity index (χ0n) is 14.7. The topological polar surface area (TPSA) is 64.0 Å². The van der Waals surface area contributed by atoms with E-state index in [0.717, 1.165) is 5.56 Å². The van der Waals surface area contributed by atoms with Crippen molar-refractivity contribution in [2.75, 3.05) is 5.43 Å². The summed E-state index contributed by atoms with van der Waals surface area (Å²) >= 11 is 0. The van der Waals surface area contributed by atoms with Gasteiger partial charge in [0.2, 0.25) is 11.6 Å². The number of nitrogens with zero attached hydrogens (tertiary/aromatic N) is 2. The van der Waals surface area contributed by atoms with Gasteiger partial charge in [-0.15, -0.1) is 0 Å². The number of fused-ring (bicyclic) bond motifs is 1. The van der Waals surface area contributed by atoms with E-state index in [-0.39, 0.29) is 17.2 Å². The Morgan fingerprint density at radius 1 is 0.889 bits per heavy atom. The fourth-order valence-corrected chi connectivity index (χ4v) is 2.86. The van der Waals surface area contributed by atoms with Crippen molar-refractivity contribution in [3.63, 3.8) is 0 Å². The second-order valence-electron chi connectivity index (χ2n) is 6.27. The molecule has 5 heteroatoms. The Morgan fingerprint density at radius 2 is 1.56 bits per heavy atom. The van der Waals surface area contributed by atoms with Gasteiger partial charge in [0.1, 0.15) is 0 Å². The number of aromatic nitrogens is 2. The van der Waals surface area contributed by atoms with Gasteiger partial charge in [-0.2, -0.15) is 4.68 Å². The number of carbonyl (C=O) groups is 1. The van der Waals surface area contributed by atoms with E-state index in [4.69, 9.17) is 0 Å². The minimum atomic E-state index is -0.320. The van der Waals surface area contributed by atoms with Crippen molar-refractivity contribution >= 4 is 22.4 Å². The first-order chi connectivity index (χ1) is 13.1. The van der Waals surface area contributed by atoms with Gasteiger partial charge in [0.25, 0.3) is 5.56 Å². The maximum atomic E-state index is 13.1. The molecule has 0 spiro atoms. The van der Waals surface area contributed by atoms with Crippen LogP contribution in [0.5, 0.6) is 0 Å². The summed E-state index contributed by atoms with van der Waals surface area (Å²) in [6.45, 7) is 1.95. The maximum Gasteiger partial charge on any atom is 0.280 e. The third-order valence-corrected chi connectivity index (χ3v) is 4.31. The van der Waals surface area contributed by atoms with Crippen molar-refractivity contribution in [1.29, 1.82) is 0 Å². The molecular weight excluding hydrogens is 338 g/mol. The first-order valence-electron chi connectivity index (χ1n) is 8.59. The van der Waals surface area contributed by atoms with Crippen molar-refractivity contribution in [1.82, 2.24) is 9.66 Å².